The molecule has 0 heterocycles. The van der Waals surface area contributed by atoms with E-state index in [-0.39, 0.29) is 0 Å². The van der Waals surface area contributed by atoms with Crippen LogP contribution in [0.15, 0.2) is 0 Å². The van der Waals surface area contributed by atoms with E-state index in [0.717, 1.165) is 18.1 Å². The van der Waals surface area contributed by atoms with Crippen LogP contribution >= 0.6 is 11.8 Å². The monoisotopic (exact) mass is 158 g/mol. The number of carbonyl (C=O) groups excluding carboxylic acids is 1. The summed E-state index contributed by atoms with van der Waals surface area (Å²) in [4.78, 5) is 11.1. The summed E-state index contributed by atoms with van der Waals surface area (Å²) < 4.78 is 0. The summed E-state index contributed by atoms with van der Waals surface area (Å²) in [5.74, 6) is 2.09. The molecule has 58 valence electrons. The SMILES string of the molecule is CCSC(=O)[C@@H]1C[C@H]1CC. The van der Waals surface area contributed by atoms with Crippen LogP contribution in [-0.4, -0.2) is 10.9 Å². The van der Waals surface area contributed by atoms with E-state index in [1.807, 2.05) is 6.92 Å². The molecule has 10 heavy (non-hydrogen) atoms. The normalized spacial score (nSPS) is 30.2. The third-order valence-electron chi connectivity index (χ3n) is 2.04. The van der Waals surface area contributed by atoms with Crippen LogP contribution in [0.4, 0.5) is 0 Å². The van der Waals surface area contributed by atoms with Gasteiger partial charge in [-0.15, -0.1) is 0 Å². The molecule has 0 bridgehead atoms. The van der Waals surface area contributed by atoms with Gasteiger partial charge in [0, 0.05) is 5.92 Å². The van der Waals surface area contributed by atoms with Gasteiger partial charge in [-0.3, -0.25) is 4.79 Å². The minimum atomic E-state index is 0.425. The van der Waals surface area contributed by atoms with Crippen molar-refractivity contribution < 1.29 is 4.79 Å². The number of carbonyl (C=O) groups is 1. The van der Waals surface area contributed by atoms with Crippen molar-refractivity contribution in [3.05, 3.63) is 0 Å². The Kier molecular flexibility index (Phi) is 2.78. The lowest BCUT2D eigenvalue weighted by atomic mass is 10.3. The molecule has 2 atom stereocenters. The van der Waals surface area contributed by atoms with Crippen molar-refractivity contribution in [2.75, 3.05) is 5.75 Å². The Morgan fingerprint density at radius 3 is 2.70 bits per heavy atom. The van der Waals surface area contributed by atoms with Crippen molar-refractivity contribution in [1.82, 2.24) is 0 Å². The number of thioether (sulfide) groups is 1. The lowest BCUT2D eigenvalue weighted by Gasteiger charge is -1.93. The third-order valence-corrected chi connectivity index (χ3v) is 2.91. The van der Waals surface area contributed by atoms with Crippen LogP contribution in [0.2, 0.25) is 0 Å². The Labute approximate surface area is 66.6 Å². The van der Waals surface area contributed by atoms with Gasteiger partial charge in [0.15, 0.2) is 5.12 Å². The largest absolute Gasteiger partial charge is 0.287 e. The lowest BCUT2D eigenvalue weighted by Crippen LogP contribution is -1.96. The van der Waals surface area contributed by atoms with Gasteiger partial charge in [-0.2, -0.15) is 0 Å². The number of rotatable bonds is 3. The Hall–Kier alpha value is 0.0200. The molecule has 0 aromatic rings. The fraction of sp³-hybridized carbons (Fsp3) is 0.875. The molecule has 0 amide bonds. The first kappa shape index (κ1) is 8.12. The maximum atomic E-state index is 11.1. The average molecular weight is 158 g/mol. The van der Waals surface area contributed by atoms with Crippen LogP contribution in [-0.2, 0) is 4.79 Å². The van der Waals surface area contributed by atoms with Gasteiger partial charge in [0.05, 0.1) is 0 Å². The van der Waals surface area contributed by atoms with Crippen LogP contribution < -0.4 is 0 Å². The summed E-state index contributed by atoms with van der Waals surface area (Å²) >= 11 is 1.48. The Bertz CT molecular complexity index is 133. The topological polar surface area (TPSA) is 17.1 Å². The van der Waals surface area contributed by atoms with Crippen LogP contribution in [0.1, 0.15) is 26.7 Å². The fourth-order valence-electron chi connectivity index (χ4n) is 1.24. The molecule has 1 aliphatic carbocycles. The highest BCUT2D eigenvalue weighted by atomic mass is 32.2. The zero-order valence-electron chi connectivity index (χ0n) is 6.59. The highest BCUT2D eigenvalue weighted by molar-refractivity contribution is 8.13. The van der Waals surface area contributed by atoms with Crippen LogP contribution in [0.25, 0.3) is 0 Å². The van der Waals surface area contributed by atoms with E-state index in [1.165, 1.54) is 18.2 Å². The van der Waals surface area contributed by atoms with Gasteiger partial charge in [0.2, 0.25) is 0 Å². The predicted molar refractivity (Wildman–Crippen MR) is 45.0 cm³/mol. The zero-order chi connectivity index (χ0) is 7.56. The van der Waals surface area contributed by atoms with Crippen molar-refractivity contribution >= 4 is 16.9 Å². The van der Waals surface area contributed by atoms with Crippen molar-refractivity contribution in [1.29, 1.82) is 0 Å². The van der Waals surface area contributed by atoms with E-state index < -0.39 is 0 Å². The third kappa shape index (κ3) is 1.75. The molecule has 1 rings (SSSR count). The molecule has 0 unspecified atom stereocenters. The molecule has 0 aromatic carbocycles. The zero-order valence-corrected chi connectivity index (χ0v) is 7.41. The standard InChI is InChI=1S/C8H14OS/c1-3-6-5-7(6)8(9)10-4-2/h6-7H,3-5H2,1-2H3/t6-,7-/m1/s1. The molecule has 1 saturated carbocycles. The highest BCUT2D eigenvalue weighted by Gasteiger charge is 2.40. The van der Waals surface area contributed by atoms with Crippen molar-refractivity contribution in [2.45, 2.75) is 26.7 Å². The van der Waals surface area contributed by atoms with Crippen LogP contribution in [0.3, 0.4) is 0 Å². The van der Waals surface area contributed by atoms with Crippen molar-refractivity contribution in [2.24, 2.45) is 11.8 Å². The summed E-state index contributed by atoms with van der Waals surface area (Å²) in [5.41, 5.74) is 0. The minimum absolute atomic E-state index is 0.425. The van der Waals surface area contributed by atoms with Crippen LogP contribution in [0.5, 0.6) is 0 Å². The second-order valence-electron chi connectivity index (χ2n) is 2.76. The van der Waals surface area contributed by atoms with Gasteiger partial charge in [0.1, 0.15) is 0 Å². The van der Waals surface area contributed by atoms with Crippen LogP contribution in [0, 0.1) is 11.8 Å². The lowest BCUT2D eigenvalue weighted by molar-refractivity contribution is -0.112. The van der Waals surface area contributed by atoms with Gasteiger partial charge in [-0.1, -0.05) is 32.0 Å². The Balaban J connectivity index is 2.19. The maximum absolute atomic E-state index is 11.1. The summed E-state index contributed by atoms with van der Waals surface area (Å²) in [5, 5.41) is 0.425. The molecular weight excluding hydrogens is 144 g/mol. The average Bonchev–Trinajstić information content (AvgIpc) is 2.66. The molecular formula is C8H14OS. The van der Waals surface area contributed by atoms with Gasteiger partial charge in [0.25, 0.3) is 0 Å². The van der Waals surface area contributed by atoms with Gasteiger partial charge < -0.3 is 0 Å². The minimum Gasteiger partial charge on any atom is -0.287 e. The summed E-state index contributed by atoms with van der Waals surface area (Å²) in [6, 6.07) is 0. The first-order valence-corrected chi connectivity index (χ1v) is 4.94. The fourth-order valence-corrected chi connectivity index (χ4v) is 2.02. The first-order chi connectivity index (χ1) is 4.79. The van der Waals surface area contributed by atoms with Gasteiger partial charge in [-0.25, -0.2) is 0 Å². The summed E-state index contributed by atoms with van der Waals surface area (Å²) in [6.07, 6.45) is 2.34. The summed E-state index contributed by atoms with van der Waals surface area (Å²) in [6.45, 7) is 4.19. The highest BCUT2D eigenvalue weighted by Crippen LogP contribution is 2.43. The molecule has 1 fully saturated rings. The van der Waals surface area contributed by atoms with Crippen molar-refractivity contribution in [3.63, 3.8) is 0 Å². The Morgan fingerprint density at radius 1 is 1.60 bits per heavy atom. The van der Waals surface area contributed by atoms with E-state index in [2.05, 4.69) is 6.92 Å². The Morgan fingerprint density at radius 2 is 2.30 bits per heavy atom. The summed E-state index contributed by atoms with van der Waals surface area (Å²) in [7, 11) is 0. The molecule has 2 heteroatoms. The number of hydrogen-bond donors (Lipinski definition) is 0. The van der Waals surface area contributed by atoms with E-state index in [1.54, 1.807) is 0 Å². The molecule has 0 spiro atoms. The van der Waals surface area contributed by atoms with E-state index in [0.29, 0.717) is 11.0 Å². The van der Waals surface area contributed by atoms with Crippen molar-refractivity contribution in [3.8, 4) is 0 Å². The second-order valence-corrected chi connectivity index (χ2v) is 4.03. The van der Waals surface area contributed by atoms with Gasteiger partial charge in [-0.05, 0) is 18.1 Å². The quantitative estimate of drug-likeness (QED) is 0.627. The predicted octanol–water partition coefficient (Wildman–Crippen LogP) is 2.31. The number of hydrogen-bond acceptors (Lipinski definition) is 2. The molecule has 0 saturated heterocycles. The van der Waals surface area contributed by atoms with Gasteiger partial charge >= 0.3 is 0 Å². The van der Waals surface area contributed by atoms with E-state index >= 15 is 0 Å². The smallest absolute Gasteiger partial charge is 0.192 e. The molecule has 1 nitrogen and oxygen atoms in total. The van der Waals surface area contributed by atoms with E-state index in [4.69, 9.17) is 0 Å². The molecule has 1 aliphatic rings. The maximum Gasteiger partial charge on any atom is 0.192 e. The molecule has 0 aromatic heterocycles. The second kappa shape index (κ2) is 3.42. The van der Waals surface area contributed by atoms with E-state index in [9.17, 15) is 4.79 Å². The first-order valence-electron chi connectivity index (χ1n) is 3.96. The molecule has 0 aliphatic heterocycles. The molecule has 0 N–H and O–H groups in total. The molecule has 0 radical (unpaired) electrons.